The third kappa shape index (κ3) is 7.50. The number of carboxylic acid groups (broad SMARTS) is 1. The first kappa shape index (κ1) is 22.2. The molecule has 6 heteroatoms. The number of alkyl carbamates (subject to hydrolysis) is 1. The molecule has 2 rings (SSSR count). The molecule has 1 saturated carbocycles. The Labute approximate surface area is 168 Å². The molecule has 1 amide bonds. The highest BCUT2D eigenvalue weighted by molar-refractivity contribution is 5.74. The summed E-state index contributed by atoms with van der Waals surface area (Å²) in [6.45, 7) is 6.07. The summed E-state index contributed by atoms with van der Waals surface area (Å²) < 4.78 is 5.42. The van der Waals surface area contributed by atoms with Crippen LogP contribution in [0.2, 0.25) is 0 Å². The molecule has 2 aliphatic carbocycles. The number of nitrogens with one attached hydrogen (secondary N) is 2. The third-order valence-electron chi connectivity index (χ3n) is 5.16. The molecule has 6 nitrogen and oxygen atoms in total. The minimum absolute atomic E-state index is 0.314. The minimum atomic E-state index is -0.848. The molecule has 0 aromatic rings. The number of rotatable bonds is 8. The summed E-state index contributed by atoms with van der Waals surface area (Å²) in [5, 5.41) is 15.8. The van der Waals surface area contributed by atoms with Crippen LogP contribution in [0.15, 0.2) is 36.0 Å². The Balaban J connectivity index is 1.90. The highest BCUT2D eigenvalue weighted by atomic mass is 16.6. The maximum absolute atomic E-state index is 12.3. The van der Waals surface area contributed by atoms with Crippen LogP contribution in [-0.4, -0.2) is 40.9 Å². The van der Waals surface area contributed by atoms with E-state index >= 15 is 0 Å². The van der Waals surface area contributed by atoms with E-state index in [1.807, 2.05) is 51.2 Å². The zero-order valence-electron chi connectivity index (χ0n) is 17.3. The van der Waals surface area contributed by atoms with Gasteiger partial charge in [-0.05, 0) is 59.4 Å². The van der Waals surface area contributed by atoms with Gasteiger partial charge in [-0.25, -0.2) is 4.79 Å². The van der Waals surface area contributed by atoms with Crippen molar-refractivity contribution in [1.82, 2.24) is 10.6 Å². The molecule has 28 heavy (non-hydrogen) atoms. The molecule has 0 radical (unpaired) electrons. The summed E-state index contributed by atoms with van der Waals surface area (Å²) in [5.74, 6) is -0.848. The van der Waals surface area contributed by atoms with Crippen molar-refractivity contribution in [2.75, 3.05) is 6.54 Å². The van der Waals surface area contributed by atoms with Gasteiger partial charge in [-0.3, -0.25) is 4.79 Å². The van der Waals surface area contributed by atoms with Crippen molar-refractivity contribution in [2.24, 2.45) is 0 Å². The molecule has 156 valence electrons. The zero-order chi connectivity index (χ0) is 20.6. The van der Waals surface area contributed by atoms with Gasteiger partial charge in [0.25, 0.3) is 0 Å². The van der Waals surface area contributed by atoms with Gasteiger partial charge in [-0.15, -0.1) is 0 Å². The van der Waals surface area contributed by atoms with Gasteiger partial charge in [-0.2, -0.15) is 0 Å². The Kier molecular flexibility index (Phi) is 7.87. The Bertz CT molecular complexity index is 637. The molecule has 1 unspecified atom stereocenters. The van der Waals surface area contributed by atoms with Crippen molar-refractivity contribution in [3.05, 3.63) is 36.0 Å². The lowest BCUT2D eigenvalue weighted by Crippen LogP contribution is -2.50. The van der Waals surface area contributed by atoms with Crippen LogP contribution in [0.3, 0.4) is 0 Å². The smallest absolute Gasteiger partial charge is 0.408 e. The maximum atomic E-state index is 12.3. The van der Waals surface area contributed by atoms with Crippen molar-refractivity contribution in [2.45, 2.75) is 82.9 Å². The van der Waals surface area contributed by atoms with E-state index in [2.05, 4.69) is 10.6 Å². The molecule has 2 aliphatic rings. The number of amides is 1. The Morgan fingerprint density at radius 1 is 1.21 bits per heavy atom. The van der Waals surface area contributed by atoms with Gasteiger partial charge >= 0.3 is 12.1 Å². The molecule has 0 saturated heterocycles. The number of hydrogen-bond acceptors (Lipinski definition) is 4. The van der Waals surface area contributed by atoms with Crippen LogP contribution in [0.25, 0.3) is 0 Å². The van der Waals surface area contributed by atoms with E-state index in [0.717, 1.165) is 37.7 Å². The monoisotopic (exact) mass is 390 g/mol. The Morgan fingerprint density at radius 2 is 1.93 bits per heavy atom. The second kappa shape index (κ2) is 9.92. The number of ether oxygens (including phenoxy) is 1. The Hall–Kier alpha value is -2.08. The number of carbonyl (C=O) groups excluding carboxylic acids is 1. The molecule has 1 fully saturated rings. The van der Waals surface area contributed by atoms with E-state index in [0.29, 0.717) is 19.4 Å². The van der Waals surface area contributed by atoms with Gasteiger partial charge in [0.2, 0.25) is 0 Å². The highest BCUT2D eigenvalue weighted by Gasteiger charge is 2.36. The molecule has 1 atom stereocenters. The van der Waals surface area contributed by atoms with E-state index in [4.69, 9.17) is 4.74 Å². The number of allylic oxidation sites excluding steroid dienone is 5. The molecule has 0 heterocycles. The number of carboxylic acids is 1. The number of carbonyl (C=O) groups is 2. The third-order valence-corrected chi connectivity index (χ3v) is 5.16. The molecule has 0 aromatic carbocycles. The van der Waals surface area contributed by atoms with Crippen molar-refractivity contribution in [3.8, 4) is 0 Å². The second-order valence-electron chi connectivity index (χ2n) is 8.76. The predicted molar refractivity (Wildman–Crippen MR) is 110 cm³/mol. The number of hydrogen-bond donors (Lipinski definition) is 3. The van der Waals surface area contributed by atoms with Gasteiger partial charge in [0.05, 0.1) is 0 Å². The van der Waals surface area contributed by atoms with Gasteiger partial charge in [0, 0.05) is 5.54 Å². The van der Waals surface area contributed by atoms with Gasteiger partial charge in [0.1, 0.15) is 11.6 Å². The first-order valence-corrected chi connectivity index (χ1v) is 10.2. The van der Waals surface area contributed by atoms with Crippen LogP contribution in [0.1, 0.15) is 65.7 Å². The van der Waals surface area contributed by atoms with Gasteiger partial charge < -0.3 is 20.5 Å². The minimum Gasteiger partial charge on any atom is -0.480 e. The topological polar surface area (TPSA) is 87.7 Å². The molecule has 0 aliphatic heterocycles. The van der Waals surface area contributed by atoms with Gasteiger partial charge in [0.15, 0.2) is 0 Å². The van der Waals surface area contributed by atoms with Crippen LogP contribution in [0.5, 0.6) is 0 Å². The fourth-order valence-electron chi connectivity index (χ4n) is 3.78. The average Bonchev–Trinajstić information content (AvgIpc) is 2.87. The Morgan fingerprint density at radius 3 is 2.57 bits per heavy atom. The fraction of sp³-hybridized carbons (Fsp3) is 0.636. The summed E-state index contributed by atoms with van der Waals surface area (Å²) >= 11 is 0. The first-order chi connectivity index (χ1) is 13.2. The summed E-state index contributed by atoms with van der Waals surface area (Å²) in [7, 11) is 0. The summed E-state index contributed by atoms with van der Waals surface area (Å²) in [4.78, 5) is 23.9. The average molecular weight is 391 g/mol. The first-order valence-electron chi connectivity index (χ1n) is 10.2. The maximum Gasteiger partial charge on any atom is 0.408 e. The van der Waals surface area contributed by atoms with Crippen molar-refractivity contribution in [3.63, 3.8) is 0 Å². The quantitative estimate of drug-likeness (QED) is 0.581. The summed E-state index contributed by atoms with van der Waals surface area (Å²) in [6.07, 6.45) is 15.3. The lowest BCUT2D eigenvalue weighted by Gasteiger charge is -2.32. The van der Waals surface area contributed by atoms with Crippen LogP contribution in [0.4, 0.5) is 4.79 Å². The van der Waals surface area contributed by atoms with E-state index in [-0.39, 0.29) is 5.54 Å². The van der Waals surface area contributed by atoms with Crippen LogP contribution >= 0.6 is 0 Å². The lowest BCUT2D eigenvalue weighted by molar-refractivity contribution is -0.139. The van der Waals surface area contributed by atoms with Crippen LogP contribution in [0, 0.1) is 0 Å². The van der Waals surface area contributed by atoms with Crippen molar-refractivity contribution in [1.29, 1.82) is 0 Å². The van der Waals surface area contributed by atoms with Gasteiger partial charge in [-0.1, -0.05) is 48.8 Å². The van der Waals surface area contributed by atoms with Crippen LogP contribution in [-0.2, 0) is 9.53 Å². The molecule has 0 spiro atoms. The van der Waals surface area contributed by atoms with Crippen molar-refractivity contribution < 1.29 is 19.4 Å². The van der Waals surface area contributed by atoms with E-state index < -0.39 is 23.7 Å². The SMILES string of the molecule is CC(C)(C)OC(=O)NC1(CCNC(CC2=CC=CC=CC2)C(=O)O)CCCC1. The number of aliphatic carboxylic acids is 1. The standard InChI is InChI=1S/C22H34N2O4/c1-21(2,3)28-20(27)24-22(12-8-9-13-22)14-15-23-18(19(25)26)16-17-10-6-4-5-7-11-17/h4-7,10,18,23H,8-9,11-16H2,1-3H3,(H,24,27)(H,25,26). The highest BCUT2D eigenvalue weighted by Crippen LogP contribution is 2.32. The van der Waals surface area contributed by atoms with Crippen molar-refractivity contribution >= 4 is 12.1 Å². The molecular weight excluding hydrogens is 356 g/mol. The molecule has 3 N–H and O–H groups in total. The molecule has 0 bridgehead atoms. The normalized spacial score (nSPS) is 19.6. The fourth-order valence-corrected chi connectivity index (χ4v) is 3.78. The summed E-state index contributed by atoms with van der Waals surface area (Å²) in [5.41, 5.74) is 0.240. The second-order valence-corrected chi connectivity index (χ2v) is 8.76. The lowest BCUT2D eigenvalue weighted by atomic mass is 9.93. The molecular formula is C22H34N2O4. The zero-order valence-corrected chi connectivity index (χ0v) is 17.3. The summed E-state index contributed by atoms with van der Waals surface area (Å²) in [6, 6.07) is -0.633. The van der Waals surface area contributed by atoms with E-state index in [9.17, 15) is 14.7 Å². The van der Waals surface area contributed by atoms with Crippen LogP contribution < -0.4 is 10.6 Å². The predicted octanol–water partition coefficient (Wildman–Crippen LogP) is 4.09. The molecule has 0 aromatic heterocycles. The van der Waals surface area contributed by atoms with E-state index in [1.165, 1.54) is 0 Å². The largest absolute Gasteiger partial charge is 0.480 e. The van der Waals surface area contributed by atoms with E-state index in [1.54, 1.807) is 0 Å².